The zero-order valence-electron chi connectivity index (χ0n) is 16.5. The molecule has 0 aliphatic carbocycles. The molecule has 0 spiro atoms. The first-order chi connectivity index (χ1) is 12.2. The second kappa shape index (κ2) is 9.14. The number of benzene rings is 2. The Bertz CT molecular complexity index is 865. The molecule has 0 atom stereocenters. The molecule has 0 unspecified atom stereocenters. The van der Waals surface area contributed by atoms with Crippen LogP contribution in [0.2, 0.25) is 0 Å². The Morgan fingerprint density at radius 2 is 1.54 bits per heavy atom. The van der Waals surface area contributed by atoms with Crippen molar-refractivity contribution in [1.82, 2.24) is 0 Å². The number of hydrogen-bond donors (Lipinski definition) is 0. The molecule has 0 aromatic heterocycles. The first kappa shape index (κ1) is 21.8. The van der Waals surface area contributed by atoms with Crippen LogP contribution in [0.4, 0.5) is 0 Å². The molecule has 0 aliphatic rings. The third kappa shape index (κ3) is 5.06. The summed E-state index contributed by atoms with van der Waals surface area (Å²) in [4.78, 5) is 0. The molecule has 3 heteroatoms. The molecule has 3 aromatic carbocycles. The van der Waals surface area contributed by atoms with Gasteiger partial charge in [0.25, 0.3) is 0 Å². The molecule has 0 fully saturated rings. The Kier molecular flexibility index (Phi) is 7.66. The van der Waals surface area contributed by atoms with Gasteiger partial charge in [0.15, 0.2) is 0 Å². The van der Waals surface area contributed by atoms with E-state index in [0.717, 1.165) is 6.42 Å². The Hall–Kier alpha value is -0.487. The number of aryl methyl sites for hydroxylation is 3. The van der Waals surface area contributed by atoms with Crippen LogP contribution in [0.15, 0.2) is 42.5 Å². The normalized spacial score (nSPS) is 11.2. The van der Waals surface area contributed by atoms with Crippen LogP contribution in [0.3, 0.4) is 0 Å². The van der Waals surface area contributed by atoms with Crippen LogP contribution < -0.4 is 0 Å². The molecule has 0 heterocycles. The summed E-state index contributed by atoms with van der Waals surface area (Å²) in [6.07, 6.45) is 1.09. The van der Waals surface area contributed by atoms with Gasteiger partial charge in [0, 0.05) is 0 Å². The van der Waals surface area contributed by atoms with Gasteiger partial charge < -0.3 is 0 Å². The summed E-state index contributed by atoms with van der Waals surface area (Å²) in [5, 5.41) is 2.77. The van der Waals surface area contributed by atoms with Crippen molar-refractivity contribution in [1.29, 1.82) is 0 Å². The van der Waals surface area contributed by atoms with Gasteiger partial charge in [-0.3, -0.25) is 0 Å². The predicted molar refractivity (Wildman–Crippen MR) is 114 cm³/mol. The molecule has 3 aromatic rings. The van der Waals surface area contributed by atoms with Crippen molar-refractivity contribution in [3.05, 3.63) is 64.7 Å². The first-order valence-electron chi connectivity index (χ1n) is 8.99. The quantitative estimate of drug-likeness (QED) is 0.336. The van der Waals surface area contributed by atoms with E-state index in [0.29, 0.717) is 0 Å². The van der Waals surface area contributed by atoms with E-state index in [9.17, 15) is 0 Å². The van der Waals surface area contributed by atoms with Crippen molar-refractivity contribution in [3.63, 3.8) is 0 Å². The van der Waals surface area contributed by atoms with Crippen LogP contribution in [-0.4, -0.2) is 0 Å². The molecule has 0 N–H and O–H groups in total. The van der Waals surface area contributed by atoms with Gasteiger partial charge >= 0.3 is 37.9 Å². The van der Waals surface area contributed by atoms with Crippen LogP contribution >= 0.6 is 17.0 Å². The monoisotopic (exact) mass is 463 g/mol. The van der Waals surface area contributed by atoms with Crippen molar-refractivity contribution in [2.45, 2.75) is 53.4 Å². The van der Waals surface area contributed by atoms with Crippen LogP contribution in [0.1, 0.15) is 49.9 Å². The topological polar surface area (TPSA) is 0 Å². The fraction of sp³-hybridized carbons (Fsp3) is 0.348. The van der Waals surface area contributed by atoms with Crippen molar-refractivity contribution in [2.75, 3.05) is 0 Å². The van der Waals surface area contributed by atoms with Crippen LogP contribution in [-0.2, 0) is 32.7 Å². The van der Waals surface area contributed by atoms with Crippen molar-refractivity contribution in [3.8, 4) is 11.1 Å². The Labute approximate surface area is 176 Å². The molecule has 0 saturated carbocycles. The van der Waals surface area contributed by atoms with Gasteiger partial charge in [-0.25, -0.2) is 0 Å². The average Bonchev–Trinajstić information content (AvgIpc) is 2.96. The van der Waals surface area contributed by atoms with E-state index in [1.165, 1.54) is 44.2 Å². The van der Waals surface area contributed by atoms with Gasteiger partial charge in [-0.1, -0.05) is 68.1 Å². The van der Waals surface area contributed by atoms with E-state index >= 15 is 0 Å². The predicted octanol–water partition coefficient (Wildman–Crippen LogP) is 8.08. The molecule has 26 heavy (non-hydrogen) atoms. The Morgan fingerprint density at radius 3 is 2.04 bits per heavy atom. The molecule has 0 amide bonds. The van der Waals surface area contributed by atoms with Crippen molar-refractivity contribution >= 4 is 27.8 Å². The molecule has 3 rings (SSSR count). The molecule has 0 saturated heterocycles. The summed E-state index contributed by atoms with van der Waals surface area (Å²) in [6, 6.07) is 16.3. The zero-order valence-corrected chi connectivity index (χ0v) is 20.5. The summed E-state index contributed by atoms with van der Waals surface area (Å²) in [6.45, 7) is 13.5. The van der Waals surface area contributed by atoms with Gasteiger partial charge in [-0.15, -0.1) is 34.5 Å². The Balaban J connectivity index is 0.000000758. The second-order valence-electron chi connectivity index (χ2n) is 7.91. The minimum atomic E-state index is -0.826. The second-order valence-corrected chi connectivity index (χ2v) is 11.6. The van der Waals surface area contributed by atoms with Crippen LogP contribution in [0.25, 0.3) is 21.9 Å². The van der Waals surface area contributed by atoms with Gasteiger partial charge in [0.05, 0.1) is 0 Å². The van der Waals surface area contributed by atoms with Gasteiger partial charge in [-0.2, -0.15) is 6.07 Å². The van der Waals surface area contributed by atoms with Gasteiger partial charge in [-0.05, 0) is 31.2 Å². The third-order valence-corrected chi connectivity index (χ3v) is 4.68. The number of fused-ring (bicyclic) bond motifs is 1. The summed E-state index contributed by atoms with van der Waals surface area (Å²) >= 11 is -0.826. The number of halogens is 2. The van der Waals surface area contributed by atoms with E-state index in [1.54, 1.807) is 0 Å². The van der Waals surface area contributed by atoms with E-state index in [1.807, 2.05) is 0 Å². The van der Waals surface area contributed by atoms with E-state index < -0.39 is 20.8 Å². The molecular formula is C23H27Cl2Zr-. The minimum absolute atomic E-state index is 0.130. The Morgan fingerprint density at radius 1 is 0.962 bits per heavy atom. The molecule has 0 bridgehead atoms. The third-order valence-electron chi connectivity index (χ3n) is 4.68. The molecule has 0 radical (unpaired) electrons. The fourth-order valence-electron chi connectivity index (χ4n) is 3.60. The fourth-order valence-corrected chi connectivity index (χ4v) is 3.60. The molecule has 0 nitrogen and oxygen atoms in total. The zero-order chi connectivity index (χ0) is 19.5. The van der Waals surface area contributed by atoms with Crippen LogP contribution in [0, 0.1) is 13.8 Å². The van der Waals surface area contributed by atoms with Crippen molar-refractivity contribution in [2.24, 2.45) is 0 Å². The first-order valence-corrected chi connectivity index (χ1v) is 15.3. The van der Waals surface area contributed by atoms with Crippen LogP contribution in [0.5, 0.6) is 0 Å². The van der Waals surface area contributed by atoms with E-state index in [2.05, 4.69) is 84.0 Å². The van der Waals surface area contributed by atoms with E-state index in [-0.39, 0.29) is 5.41 Å². The molecule has 138 valence electrons. The van der Waals surface area contributed by atoms with Gasteiger partial charge in [0.1, 0.15) is 0 Å². The summed E-state index contributed by atoms with van der Waals surface area (Å²) in [7, 11) is 9.87. The summed E-state index contributed by atoms with van der Waals surface area (Å²) < 4.78 is 0. The summed E-state index contributed by atoms with van der Waals surface area (Å²) in [5.74, 6) is 0. The number of rotatable bonds is 2. The van der Waals surface area contributed by atoms with Crippen molar-refractivity contribution < 1.29 is 20.8 Å². The molecule has 0 aliphatic heterocycles. The maximum atomic E-state index is 4.93. The number of hydrogen-bond acceptors (Lipinski definition) is 0. The molecular weight excluding hydrogens is 438 g/mol. The average molecular weight is 466 g/mol. The standard InChI is InChI=1S/C23H27.2ClH.Zr/c1-7-17-13-18-8-9-21(23(4,5)6)22(20(18)14-17)19-11-15(2)10-16(3)12-19;;;/h8-14H,7H2,1-6H3;2*1H;/q-1;;;+2/p-2. The maximum absolute atomic E-state index is 4.93. The SMILES string of the molecule is CCc1cc2c(-c3cc(C)cc(C)c3)c(C(C)(C)C)ccc2[cH-]1.[Cl][Zr][Cl]. The van der Waals surface area contributed by atoms with E-state index in [4.69, 9.17) is 17.0 Å². The van der Waals surface area contributed by atoms with Gasteiger partial charge in [0.2, 0.25) is 0 Å². The summed E-state index contributed by atoms with van der Waals surface area (Å²) in [5.41, 5.74) is 8.43.